The van der Waals surface area contributed by atoms with Gasteiger partial charge in [-0.2, -0.15) is 0 Å². The Morgan fingerprint density at radius 3 is 2.50 bits per heavy atom. The maximum absolute atomic E-state index is 10.6. The SMILES string of the molecule is O=C(O)COc1ccc(Cl)cc1CC(=O)O. The molecule has 0 spiro atoms. The van der Waals surface area contributed by atoms with Crippen molar-refractivity contribution in [3.8, 4) is 5.75 Å². The zero-order valence-electron chi connectivity index (χ0n) is 8.14. The summed E-state index contributed by atoms with van der Waals surface area (Å²) >= 11 is 5.70. The van der Waals surface area contributed by atoms with Gasteiger partial charge in [0, 0.05) is 10.6 Å². The van der Waals surface area contributed by atoms with Crippen molar-refractivity contribution in [1.29, 1.82) is 0 Å². The number of ether oxygens (including phenoxy) is 1. The normalized spacial score (nSPS) is 9.81. The Balaban J connectivity index is 2.88. The molecular formula is C10H9ClO5. The second-order valence-corrected chi connectivity index (χ2v) is 3.44. The number of carbonyl (C=O) groups is 2. The highest BCUT2D eigenvalue weighted by atomic mass is 35.5. The molecule has 0 aromatic heterocycles. The minimum Gasteiger partial charge on any atom is -0.482 e. The van der Waals surface area contributed by atoms with Crippen molar-refractivity contribution in [1.82, 2.24) is 0 Å². The smallest absolute Gasteiger partial charge is 0.341 e. The Morgan fingerprint density at radius 1 is 1.25 bits per heavy atom. The van der Waals surface area contributed by atoms with Crippen LogP contribution in [0.2, 0.25) is 5.02 Å². The third-order valence-electron chi connectivity index (χ3n) is 1.72. The van der Waals surface area contributed by atoms with Gasteiger partial charge >= 0.3 is 11.9 Å². The van der Waals surface area contributed by atoms with E-state index < -0.39 is 18.5 Å². The molecule has 0 aliphatic carbocycles. The number of halogens is 1. The molecule has 0 saturated carbocycles. The Labute approximate surface area is 96.2 Å². The number of carboxylic acid groups (broad SMARTS) is 2. The lowest BCUT2D eigenvalue weighted by atomic mass is 10.1. The van der Waals surface area contributed by atoms with Crippen molar-refractivity contribution in [2.24, 2.45) is 0 Å². The summed E-state index contributed by atoms with van der Waals surface area (Å²) in [5.74, 6) is -1.95. The lowest BCUT2D eigenvalue weighted by Crippen LogP contribution is -2.11. The molecule has 6 heteroatoms. The van der Waals surface area contributed by atoms with Crippen molar-refractivity contribution < 1.29 is 24.5 Å². The van der Waals surface area contributed by atoms with Gasteiger partial charge in [0.15, 0.2) is 6.61 Å². The van der Waals surface area contributed by atoms with Gasteiger partial charge in [0.05, 0.1) is 6.42 Å². The fraction of sp³-hybridized carbons (Fsp3) is 0.200. The molecule has 0 unspecified atom stereocenters. The van der Waals surface area contributed by atoms with Gasteiger partial charge in [-0.05, 0) is 18.2 Å². The van der Waals surface area contributed by atoms with E-state index in [0.717, 1.165) is 0 Å². The van der Waals surface area contributed by atoms with Crippen LogP contribution in [-0.4, -0.2) is 28.8 Å². The molecule has 0 amide bonds. The summed E-state index contributed by atoms with van der Waals surface area (Å²) in [7, 11) is 0. The minimum atomic E-state index is -1.13. The van der Waals surface area contributed by atoms with Gasteiger partial charge in [0.25, 0.3) is 0 Å². The van der Waals surface area contributed by atoms with E-state index in [1.807, 2.05) is 0 Å². The monoisotopic (exact) mass is 244 g/mol. The maximum Gasteiger partial charge on any atom is 0.341 e. The maximum atomic E-state index is 10.6. The van der Waals surface area contributed by atoms with E-state index in [2.05, 4.69) is 0 Å². The van der Waals surface area contributed by atoms with E-state index in [0.29, 0.717) is 10.6 Å². The zero-order chi connectivity index (χ0) is 12.1. The van der Waals surface area contributed by atoms with Crippen LogP contribution in [0.15, 0.2) is 18.2 Å². The van der Waals surface area contributed by atoms with Gasteiger partial charge in [-0.3, -0.25) is 4.79 Å². The molecule has 0 radical (unpaired) electrons. The van der Waals surface area contributed by atoms with Gasteiger partial charge < -0.3 is 14.9 Å². The molecular weight excluding hydrogens is 236 g/mol. The summed E-state index contributed by atoms with van der Waals surface area (Å²) in [6.07, 6.45) is -0.268. The Bertz CT molecular complexity index is 416. The number of carboxylic acids is 2. The second kappa shape index (κ2) is 5.37. The molecule has 1 aromatic rings. The van der Waals surface area contributed by atoms with Gasteiger partial charge in [-0.15, -0.1) is 0 Å². The summed E-state index contributed by atoms with van der Waals surface area (Å²) in [5, 5.41) is 17.5. The number of rotatable bonds is 5. The van der Waals surface area contributed by atoms with E-state index in [1.165, 1.54) is 18.2 Å². The fourth-order valence-electron chi connectivity index (χ4n) is 1.13. The van der Waals surface area contributed by atoms with E-state index >= 15 is 0 Å². The van der Waals surface area contributed by atoms with E-state index in [1.54, 1.807) is 0 Å². The summed E-state index contributed by atoms with van der Waals surface area (Å²) < 4.78 is 4.93. The standard InChI is InChI=1S/C10H9ClO5/c11-7-1-2-8(16-5-10(14)15)6(3-7)4-9(12)13/h1-3H,4-5H2,(H,12,13)(H,14,15). The van der Waals surface area contributed by atoms with Gasteiger partial charge in [0.2, 0.25) is 0 Å². The van der Waals surface area contributed by atoms with Crippen molar-refractivity contribution in [2.75, 3.05) is 6.61 Å². The van der Waals surface area contributed by atoms with E-state index in [9.17, 15) is 9.59 Å². The van der Waals surface area contributed by atoms with E-state index in [-0.39, 0.29) is 12.2 Å². The van der Waals surface area contributed by atoms with E-state index in [4.69, 9.17) is 26.6 Å². The number of hydrogen-bond acceptors (Lipinski definition) is 3. The van der Waals surface area contributed by atoms with Crippen LogP contribution >= 0.6 is 11.6 Å². The molecule has 5 nitrogen and oxygen atoms in total. The van der Waals surface area contributed by atoms with Crippen LogP contribution in [0.5, 0.6) is 5.75 Å². The molecule has 0 aliphatic rings. The Kier molecular flexibility index (Phi) is 4.13. The summed E-state index contributed by atoms with van der Waals surface area (Å²) in [5.41, 5.74) is 0.348. The lowest BCUT2D eigenvalue weighted by molar-refractivity contribution is -0.139. The van der Waals surface area contributed by atoms with Crippen molar-refractivity contribution >= 4 is 23.5 Å². The first-order valence-corrected chi connectivity index (χ1v) is 4.71. The third-order valence-corrected chi connectivity index (χ3v) is 1.95. The lowest BCUT2D eigenvalue weighted by Gasteiger charge is -2.08. The highest BCUT2D eigenvalue weighted by molar-refractivity contribution is 6.30. The van der Waals surface area contributed by atoms with Crippen molar-refractivity contribution in [2.45, 2.75) is 6.42 Å². The molecule has 0 atom stereocenters. The number of benzene rings is 1. The molecule has 0 bridgehead atoms. The predicted molar refractivity (Wildman–Crippen MR) is 55.9 cm³/mol. The largest absolute Gasteiger partial charge is 0.482 e. The molecule has 0 heterocycles. The molecule has 16 heavy (non-hydrogen) atoms. The van der Waals surface area contributed by atoms with Gasteiger partial charge in [-0.25, -0.2) is 4.79 Å². The van der Waals surface area contributed by atoms with Crippen LogP contribution in [0.3, 0.4) is 0 Å². The molecule has 1 aromatic carbocycles. The molecule has 0 aliphatic heterocycles. The highest BCUT2D eigenvalue weighted by Crippen LogP contribution is 2.23. The Hall–Kier alpha value is -1.75. The molecule has 86 valence electrons. The Morgan fingerprint density at radius 2 is 1.94 bits per heavy atom. The van der Waals surface area contributed by atoms with Crippen LogP contribution in [-0.2, 0) is 16.0 Å². The highest BCUT2D eigenvalue weighted by Gasteiger charge is 2.10. The van der Waals surface area contributed by atoms with Crippen LogP contribution in [0, 0.1) is 0 Å². The number of aliphatic carboxylic acids is 2. The second-order valence-electron chi connectivity index (χ2n) is 3.00. The van der Waals surface area contributed by atoms with Crippen LogP contribution in [0.25, 0.3) is 0 Å². The number of hydrogen-bond donors (Lipinski definition) is 2. The molecule has 0 saturated heterocycles. The summed E-state index contributed by atoms with van der Waals surface area (Å²) in [4.78, 5) is 20.9. The summed E-state index contributed by atoms with van der Waals surface area (Å²) in [6, 6.07) is 4.39. The topological polar surface area (TPSA) is 83.8 Å². The van der Waals surface area contributed by atoms with Crippen LogP contribution in [0.1, 0.15) is 5.56 Å². The minimum absolute atomic E-state index is 0.217. The molecule has 2 N–H and O–H groups in total. The van der Waals surface area contributed by atoms with Crippen LogP contribution in [0.4, 0.5) is 0 Å². The van der Waals surface area contributed by atoms with Crippen LogP contribution < -0.4 is 4.74 Å². The summed E-state index contributed by atoms with van der Waals surface area (Å²) in [6.45, 7) is -0.520. The predicted octanol–water partition coefficient (Wildman–Crippen LogP) is 1.43. The third kappa shape index (κ3) is 3.78. The first kappa shape index (κ1) is 12.3. The molecule has 1 rings (SSSR count). The van der Waals surface area contributed by atoms with Gasteiger partial charge in [0.1, 0.15) is 5.75 Å². The first-order chi connectivity index (χ1) is 7.49. The fourth-order valence-corrected chi connectivity index (χ4v) is 1.32. The van der Waals surface area contributed by atoms with Crippen molar-refractivity contribution in [3.05, 3.63) is 28.8 Å². The van der Waals surface area contributed by atoms with Crippen molar-refractivity contribution in [3.63, 3.8) is 0 Å². The zero-order valence-corrected chi connectivity index (χ0v) is 8.90. The quantitative estimate of drug-likeness (QED) is 0.819. The molecule has 0 fully saturated rings. The average Bonchev–Trinajstić information content (AvgIpc) is 2.15. The first-order valence-electron chi connectivity index (χ1n) is 4.34. The van der Waals surface area contributed by atoms with Gasteiger partial charge in [-0.1, -0.05) is 11.6 Å². The average molecular weight is 245 g/mol.